The largest absolute Gasteiger partial charge is 0.481 e. The molecular formula is C15H26N2O4. The molecule has 3 unspecified atom stereocenters. The number of ether oxygens (including phenoxy) is 1. The summed E-state index contributed by atoms with van der Waals surface area (Å²) in [5.41, 5.74) is 0. The minimum Gasteiger partial charge on any atom is -0.481 e. The van der Waals surface area contributed by atoms with E-state index in [2.05, 4.69) is 10.6 Å². The van der Waals surface area contributed by atoms with Crippen molar-refractivity contribution in [2.45, 2.75) is 51.0 Å². The van der Waals surface area contributed by atoms with Gasteiger partial charge in [0.05, 0.1) is 12.0 Å². The number of aliphatic carboxylic acids is 1. The molecule has 1 aliphatic heterocycles. The maximum atomic E-state index is 11.7. The molecule has 0 aromatic heterocycles. The highest BCUT2D eigenvalue weighted by Crippen LogP contribution is 2.29. The molecule has 1 heterocycles. The fourth-order valence-corrected chi connectivity index (χ4v) is 3.28. The van der Waals surface area contributed by atoms with Gasteiger partial charge >= 0.3 is 12.0 Å². The molecule has 2 amide bonds. The Bertz CT molecular complexity index is 356. The van der Waals surface area contributed by atoms with Gasteiger partial charge in [-0.1, -0.05) is 12.8 Å². The molecule has 3 atom stereocenters. The van der Waals surface area contributed by atoms with E-state index in [9.17, 15) is 14.7 Å². The Balaban J connectivity index is 1.61. The third kappa shape index (κ3) is 5.19. The maximum absolute atomic E-state index is 11.7. The van der Waals surface area contributed by atoms with Crippen molar-refractivity contribution in [3.8, 4) is 0 Å². The Morgan fingerprint density at radius 3 is 2.62 bits per heavy atom. The van der Waals surface area contributed by atoms with Crippen LogP contribution in [0.4, 0.5) is 4.79 Å². The zero-order chi connectivity index (χ0) is 15.1. The third-order valence-corrected chi connectivity index (χ3v) is 4.53. The van der Waals surface area contributed by atoms with Gasteiger partial charge < -0.3 is 20.5 Å². The van der Waals surface area contributed by atoms with Crippen LogP contribution in [0.25, 0.3) is 0 Å². The van der Waals surface area contributed by atoms with Crippen LogP contribution in [0.5, 0.6) is 0 Å². The SMILES string of the molecule is O=C(NCCC1CCCO1)NCC1CCCCC1C(=O)O. The second-order valence-corrected chi connectivity index (χ2v) is 6.05. The van der Waals surface area contributed by atoms with Crippen LogP contribution in [-0.4, -0.2) is 42.9 Å². The van der Waals surface area contributed by atoms with Gasteiger partial charge in [-0.3, -0.25) is 4.79 Å². The van der Waals surface area contributed by atoms with E-state index in [0.29, 0.717) is 13.1 Å². The van der Waals surface area contributed by atoms with Gasteiger partial charge in [0.15, 0.2) is 0 Å². The zero-order valence-electron chi connectivity index (χ0n) is 12.5. The van der Waals surface area contributed by atoms with Crippen LogP contribution in [0.3, 0.4) is 0 Å². The molecule has 1 saturated heterocycles. The number of hydrogen-bond donors (Lipinski definition) is 3. The zero-order valence-corrected chi connectivity index (χ0v) is 12.5. The van der Waals surface area contributed by atoms with Crippen LogP contribution in [0, 0.1) is 11.8 Å². The lowest BCUT2D eigenvalue weighted by Crippen LogP contribution is -2.42. The first-order valence-corrected chi connectivity index (χ1v) is 8.03. The average Bonchev–Trinajstić information content (AvgIpc) is 2.98. The molecule has 0 aromatic rings. The summed E-state index contributed by atoms with van der Waals surface area (Å²) in [6, 6.07) is -0.206. The van der Waals surface area contributed by atoms with Crippen molar-refractivity contribution in [1.82, 2.24) is 10.6 Å². The van der Waals surface area contributed by atoms with Crippen LogP contribution < -0.4 is 10.6 Å². The van der Waals surface area contributed by atoms with Crippen LogP contribution in [-0.2, 0) is 9.53 Å². The van der Waals surface area contributed by atoms with Crippen LogP contribution in [0.2, 0.25) is 0 Å². The average molecular weight is 298 g/mol. The van der Waals surface area contributed by atoms with Crippen molar-refractivity contribution in [3.63, 3.8) is 0 Å². The predicted molar refractivity (Wildman–Crippen MR) is 78.1 cm³/mol. The molecular weight excluding hydrogens is 272 g/mol. The molecule has 21 heavy (non-hydrogen) atoms. The van der Waals surface area contributed by atoms with Gasteiger partial charge in [-0.2, -0.15) is 0 Å². The highest BCUT2D eigenvalue weighted by atomic mass is 16.5. The van der Waals surface area contributed by atoms with E-state index >= 15 is 0 Å². The summed E-state index contributed by atoms with van der Waals surface area (Å²) in [7, 11) is 0. The number of rotatable bonds is 6. The molecule has 2 fully saturated rings. The summed E-state index contributed by atoms with van der Waals surface area (Å²) in [6.07, 6.45) is 6.93. The second kappa shape index (κ2) is 8.22. The number of carbonyl (C=O) groups is 2. The highest BCUT2D eigenvalue weighted by molar-refractivity contribution is 5.74. The number of nitrogens with one attached hydrogen (secondary N) is 2. The number of carbonyl (C=O) groups excluding carboxylic acids is 1. The molecule has 0 spiro atoms. The molecule has 1 aliphatic carbocycles. The van der Waals surface area contributed by atoms with Gasteiger partial charge in [0.1, 0.15) is 0 Å². The first-order chi connectivity index (χ1) is 10.2. The van der Waals surface area contributed by atoms with E-state index in [0.717, 1.165) is 51.6 Å². The van der Waals surface area contributed by atoms with Crippen LogP contribution in [0.1, 0.15) is 44.9 Å². The molecule has 2 aliphatic rings. The van der Waals surface area contributed by atoms with E-state index in [1.165, 1.54) is 0 Å². The summed E-state index contributed by atoms with van der Waals surface area (Å²) in [4.78, 5) is 22.9. The Hall–Kier alpha value is -1.30. The summed E-state index contributed by atoms with van der Waals surface area (Å²) < 4.78 is 5.49. The molecule has 0 aromatic carbocycles. The molecule has 3 N–H and O–H groups in total. The summed E-state index contributed by atoms with van der Waals surface area (Å²) in [5.74, 6) is -0.994. The standard InChI is InChI=1S/C15H26N2O4/c18-14(19)13-6-2-1-4-11(13)10-17-15(20)16-8-7-12-5-3-9-21-12/h11-13H,1-10H2,(H,18,19)(H2,16,17,20). The van der Waals surface area contributed by atoms with Gasteiger partial charge in [-0.15, -0.1) is 0 Å². The van der Waals surface area contributed by atoms with Crippen molar-refractivity contribution < 1.29 is 19.4 Å². The van der Waals surface area contributed by atoms with Gasteiger partial charge in [0.25, 0.3) is 0 Å². The normalized spacial score (nSPS) is 29.0. The lowest BCUT2D eigenvalue weighted by atomic mass is 9.79. The Morgan fingerprint density at radius 2 is 1.90 bits per heavy atom. The highest BCUT2D eigenvalue weighted by Gasteiger charge is 2.30. The van der Waals surface area contributed by atoms with Gasteiger partial charge in [0, 0.05) is 19.7 Å². The topological polar surface area (TPSA) is 87.7 Å². The summed E-state index contributed by atoms with van der Waals surface area (Å²) >= 11 is 0. The second-order valence-electron chi connectivity index (χ2n) is 6.05. The van der Waals surface area contributed by atoms with Crippen molar-refractivity contribution in [1.29, 1.82) is 0 Å². The fourth-order valence-electron chi connectivity index (χ4n) is 3.28. The van der Waals surface area contributed by atoms with Gasteiger partial charge in [-0.25, -0.2) is 4.79 Å². The minimum atomic E-state index is -0.736. The number of amides is 2. The minimum absolute atomic E-state index is 0.0557. The lowest BCUT2D eigenvalue weighted by molar-refractivity contribution is -0.144. The smallest absolute Gasteiger partial charge is 0.314 e. The van der Waals surface area contributed by atoms with E-state index in [1.54, 1.807) is 0 Å². The van der Waals surface area contributed by atoms with E-state index in [-0.39, 0.29) is 24.0 Å². The van der Waals surface area contributed by atoms with Crippen LogP contribution >= 0.6 is 0 Å². The number of hydrogen-bond acceptors (Lipinski definition) is 3. The molecule has 1 saturated carbocycles. The number of carboxylic acid groups (broad SMARTS) is 1. The molecule has 6 heteroatoms. The van der Waals surface area contributed by atoms with E-state index in [1.807, 2.05) is 0 Å². The molecule has 0 bridgehead atoms. The molecule has 120 valence electrons. The van der Waals surface area contributed by atoms with Gasteiger partial charge in [0.2, 0.25) is 0 Å². The third-order valence-electron chi connectivity index (χ3n) is 4.53. The molecule has 2 rings (SSSR count). The fraction of sp³-hybridized carbons (Fsp3) is 0.867. The summed E-state index contributed by atoms with van der Waals surface area (Å²) in [6.45, 7) is 1.88. The monoisotopic (exact) mass is 298 g/mol. The van der Waals surface area contributed by atoms with E-state index < -0.39 is 5.97 Å². The van der Waals surface area contributed by atoms with Gasteiger partial charge in [-0.05, 0) is 38.0 Å². The number of carboxylic acids is 1. The number of urea groups is 1. The first-order valence-electron chi connectivity index (χ1n) is 8.03. The first kappa shape index (κ1) is 16.1. The lowest BCUT2D eigenvalue weighted by Gasteiger charge is -2.28. The molecule has 0 radical (unpaired) electrons. The van der Waals surface area contributed by atoms with Crippen molar-refractivity contribution >= 4 is 12.0 Å². The quantitative estimate of drug-likeness (QED) is 0.697. The summed E-state index contributed by atoms with van der Waals surface area (Å²) in [5, 5.41) is 14.8. The molecule has 6 nitrogen and oxygen atoms in total. The van der Waals surface area contributed by atoms with Crippen molar-refractivity contribution in [3.05, 3.63) is 0 Å². The van der Waals surface area contributed by atoms with E-state index in [4.69, 9.17) is 4.74 Å². The Kier molecular flexibility index (Phi) is 6.29. The maximum Gasteiger partial charge on any atom is 0.314 e. The predicted octanol–water partition coefficient (Wildman–Crippen LogP) is 1.75. The van der Waals surface area contributed by atoms with Crippen LogP contribution in [0.15, 0.2) is 0 Å². The Morgan fingerprint density at radius 1 is 1.10 bits per heavy atom. The van der Waals surface area contributed by atoms with Crippen molar-refractivity contribution in [2.75, 3.05) is 19.7 Å². The van der Waals surface area contributed by atoms with Crippen molar-refractivity contribution in [2.24, 2.45) is 11.8 Å². The Labute approximate surface area is 125 Å².